The van der Waals surface area contributed by atoms with E-state index in [0.717, 1.165) is 25.0 Å². The van der Waals surface area contributed by atoms with Crippen molar-refractivity contribution >= 4 is 17.4 Å². The molecule has 1 aliphatic carbocycles. The number of nitrogens with zero attached hydrogens (tertiary/aromatic N) is 1. The van der Waals surface area contributed by atoms with Gasteiger partial charge in [-0.15, -0.1) is 0 Å². The van der Waals surface area contributed by atoms with E-state index in [1.807, 2.05) is 13.8 Å². The SMILES string of the molecule is CCCCCOC(=O)C1=C(C)NC2=C(C(=O)CC(C)(C)C2)[C@H]1c1ccccc1[N+](=O)[O-]. The molecule has 0 radical (unpaired) electrons. The molecule has 0 aromatic heterocycles. The third-order valence-electron chi connectivity index (χ3n) is 5.89. The van der Waals surface area contributed by atoms with Crippen LogP contribution in [0.1, 0.15) is 71.3 Å². The van der Waals surface area contributed by atoms with Crippen molar-refractivity contribution in [3.8, 4) is 0 Å². The Bertz CT molecular complexity index is 974. The first kappa shape index (κ1) is 22.7. The van der Waals surface area contributed by atoms with Crippen LogP contribution in [0, 0.1) is 15.5 Å². The highest BCUT2D eigenvalue weighted by molar-refractivity contribution is 6.04. The lowest BCUT2D eigenvalue weighted by molar-refractivity contribution is -0.385. The molecule has 1 aliphatic heterocycles. The van der Waals surface area contributed by atoms with E-state index in [2.05, 4.69) is 12.2 Å². The predicted molar refractivity (Wildman–Crippen MR) is 117 cm³/mol. The smallest absolute Gasteiger partial charge is 0.336 e. The molecule has 1 atom stereocenters. The molecule has 31 heavy (non-hydrogen) atoms. The normalized spacial score (nSPS) is 20.3. The highest BCUT2D eigenvalue weighted by Gasteiger charge is 2.44. The van der Waals surface area contributed by atoms with E-state index < -0.39 is 16.8 Å². The average molecular weight is 427 g/mol. The van der Waals surface area contributed by atoms with Gasteiger partial charge in [0.1, 0.15) is 0 Å². The number of carbonyl (C=O) groups excluding carboxylic acids is 2. The number of nitro groups is 1. The molecule has 2 aliphatic rings. The van der Waals surface area contributed by atoms with Crippen molar-refractivity contribution in [2.24, 2.45) is 5.41 Å². The van der Waals surface area contributed by atoms with E-state index in [-0.39, 0.29) is 29.1 Å². The average Bonchev–Trinajstić information content (AvgIpc) is 2.69. The topological polar surface area (TPSA) is 98.5 Å². The zero-order valence-electron chi connectivity index (χ0n) is 18.6. The van der Waals surface area contributed by atoms with Crippen LogP contribution in [-0.4, -0.2) is 23.3 Å². The minimum Gasteiger partial charge on any atom is -0.462 e. The van der Waals surface area contributed by atoms with Crippen LogP contribution in [-0.2, 0) is 14.3 Å². The second kappa shape index (κ2) is 9.04. The molecule has 0 saturated carbocycles. The first-order valence-electron chi connectivity index (χ1n) is 10.8. The predicted octanol–water partition coefficient (Wildman–Crippen LogP) is 4.93. The summed E-state index contributed by atoms with van der Waals surface area (Å²) in [5.74, 6) is -1.45. The summed E-state index contributed by atoms with van der Waals surface area (Å²) in [6.07, 6.45) is 3.64. The van der Waals surface area contributed by atoms with E-state index in [9.17, 15) is 19.7 Å². The molecule has 0 unspecified atom stereocenters. The summed E-state index contributed by atoms with van der Waals surface area (Å²) in [7, 11) is 0. The molecular formula is C24H30N2O5. The van der Waals surface area contributed by atoms with Crippen molar-refractivity contribution < 1.29 is 19.2 Å². The van der Waals surface area contributed by atoms with Gasteiger partial charge in [0, 0.05) is 35.0 Å². The van der Waals surface area contributed by atoms with Gasteiger partial charge >= 0.3 is 5.97 Å². The van der Waals surface area contributed by atoms with E-state index in [1.165, 1.54) is 6.07 Å². The fraction of sp³-hybridized carbons (Fsp3) is 0.500. The van der Waals surface area contributed by atoms with Gasteiger partial charge in [0.15, 0.2) is 5.78 Å². The number of carbonyl (C=O) groups is 2. The molecule has 1 N–H and O–H groups in total. The largest absolute Gasteiger partial charge is 0.462 e. The van der Waals surface area contributed by atoms with Gasteiger partial charge < -0.3 is 10.1 Å². The zero-order chi connectivity index (χ0) is 22.8. The molecule has 1 heterocycles. The van der Waals surface area contributed by atoms with E-state index in [4.69, 9.17) is 4.74 Å². The minimum absolute atomic E-state index is 0.0920. The van der Waals surface area contributed by atoms with Crippen LogP contribution in [0.5, 0.6) is 0 Å². The summed E-state index contributed by atoms with van der Waals surface area (Å²) in [4.78, 5) is 37.7. The number of ether oxygens (including phenoxy) is 1. The fourth-order valence-corrected chi connectivity index (χ4v) is 4.51. The number of para-hydroxylation sites is 1. The molecule has 1 aromatic carbocycles. The molecule has 166 valence electrons. The highest BCUT2D eigenvalue weighted by atomic mass is 16.6. The Morgan fingerprint density at radius 1 is 1.26 bits per heavy atom. The number of rotatable bonds is 7. The maximum atomic E-state index is 13.2. The quantitative estimate of drug-likeness (QED) is 0.287. The molecule has 0 amide bonds. The van der Waals surface area contributed by atoms with Gasteiger partial charge in [-0.1, -0.05) is 51.8 Å². The number of hydrogen-bond acceptors (Lipinski definition) is 6. The Labute approximate surface area is 182 Å². The molecule has 7 heteroatoms. The molecule has 3 rings (SSSR count). The standard InChI is InChI=1S/C24H30N2O5/c1-5-6-9-12-31-23(28)20-15(2)25-17-13-24(3,4)14-19(27)22(17)21(20)16-10-7-8-11-18(16)26(29)30/h7-8,10-11,21,25H,5-6,9,12-14H2,1-4H3/t21-/m0/s1. The third kappa shape index (κ3) is 4.70. The maximum Gasteiger partial charge on any atom is 0.336 e. The second-order valence-corrected chi connectivity index (χ2v) is 9.09. The van der Waals surface area contributed by atoms with E-state index >= 15 is 0 Å². The lowest BCUT2D eigenvalue weighted by atomic mass is 9.68. The monoisotopic (exact) mass is 426 g/mol. The number of hydrogen-bond donors (Lipinski definition) is 1. The van der Waals surface area contributed by atoms with Gasteiger partial charge in [-0.3, -0.25) is 14.9 Å². The number of benzene rings is 1. The molecule has 1 aromatic rings. The minimum atomic E-state index is -0.819. The first-order chi connectivity index (χ1) is 14.7. The molecule has 0 fully saturated rings. The number of Topliss-reactive ketones (excluding diaryl/α,β-unsaturated/α-hetero) is 1. The van der Waals surface area contributed by atoms with Crippen LogP contribution < -0.4 is 5.32 Å². The number of esters is 1. The lowest BCUT2D eigenvalue weighted by Gasteiger charge is -2.39. The van der Waals surface area contributed by atoms with Gasteiger partial charge in [-0.2, -0.15) is 0 Å². The highest BCUT2D eigenvalue weighted by Crippen LogP contribution is 2.48. The number of ketones is 1. The number of dihydropyridines is 1. The van der Waals surface area contributed by atoms with Gasteiger partial charge in [-0.25, -0.2) is 4.79 Å². The lowest BCUT2D eigenvalue weighted by Crippen LogP contribution is -2.38. The van der Waals surface area contributed by atoms with Gasteiger partial charge in [0.05, 0.1) is 23.0 Å². The van der Waals surface area contributed by atoms with Crippen LogP contribution >= 0.6 is 0 Å². The molecule has 0 bridgehead atoms. The zero-order valence-corrected chi connectivity index (χ0v) is 18.6. The Morgan fingerprint density at radius 3 is 2.65 bits per heavy atom. The van der Waals surface area contributed by atoms with Crippen LogP contribution in [0.2, 0.25) is 0 Å². The van der Waals surface area contributed by atoms with Gasteiger partial charge in [-0.05, 0) is 25.2 Å². The second-order valence-electron chi connectivity index (χ2n) is 9.09. The first-order valence-corrected chi connectivity index (χ1v) is 10.8. The van der Waals surface area contributed by atoms with Crippen molar-refractivity contribution in [2.75, 3.05) is 6.61 Å². The number of nitrogens with one attached hydrogen (secondary N) is 1. The van der Waals surface area contributed by atoms with Crippen LogP contribution in [0.4, 0.5) is 5.69 Å². The number of unbranched alkanes of at least 4 members (excludes halogenated alkanes) is 2. The summed E-state index contributed by atoms with van der Waals surface area (Å²) < 4.78 is 5.52. The summed E-state index contributed by atoms with van der Waals surface area (Å²) >= 11 is 0. The Hall–Kier alpha value is -2.96. The van der Waals surface area contributed by atoms with Crippen molar-refractivity contribution in [1.82, 2.24) is 5.32 Å². The van der Waals surface area contributed by atoms with Gasteiger partial charge in [0.2, 0.25) is 0 Å². The summed E-state index contributed by atoms with van der Waals surface area (Å²) in [6, 6.07) is 6.32. The van der Waals surface area contributed by atoms with E-state index in [0.29, 0.717) is 29.7 Å². The number of allylic oxidation sites excluding steroid dienone is 3. The Balaban J connectivity index is 2.12. The summed E-state index contributed by atoms with van der Waals surface area (Å²) in [6.45, 7) is 8.15. The van der Waals surface area contributed by atoms with Crippen molar-refractivity contribution in [1.29, 1.82) is 0 Å². The molecule has 0 spiro atoms. The molecule has 7 nitrogen and oxygen atoms in total. The van der Waals surface area contributed by atoms with Crippen molar-refractivity contribution in [3.05, 3.63) is 62.5 Å². The molecule has 0 saturated heterocycles. The summed E-state index contributed by atoms with van der Waals surface area (Å²) in [5.41, 5.74) is 2.04. The van der Waals surface area contributed by atoms with Crippen LogP contribution in [0.15, 0.2) is 46.8 Å². The van der Waals surface area contributed by atoms with Gasteiger partial charge in [0.25, 0.3) is 5.69 Å². The van der Waals surface area contributed by atoms with Crippen molar-refractivity contribution in [2.45, 2.75) is 65.7 Å². The van der Waals surface area contributed by atoms with Crippen LogP contribution in [0.3, 0.4) is 0 Å². The van der Waals surface area contributed by atoms with E-state index in [1.54, 1.807) is 25.1 Å². The summed E-state index contributed by atoms with van der Waals surface area (Å²) in [5, 5.41) is 15.0. The maximum absolute atomic E-state index is 13.2. The van der Waals surface area contributed by atoms with Crippen molar-refractivity contribution in [3.63, 3.8) is 0 Å². The molecular weight excluding hydrogens is 396 g/mol. The Morgan fingerprint density at radius 2 is 1.97 bits per heavy atom. The van der Waals surface area contributed by atoms with Crippen LogP contribution in [0.25, 0.3) is 0 Å². The Kier molecular flexibility index (Phi) is 6.62. The third-order valence-corrected chi connectivity index (χ3v) is 5.89. The fourth-order valence-electron chi connectivity index (χ4n) is 4.51. The number of nitro benzene ring substituents is 1.